The van der Waals surface area contributed by atoms with Crippen LogP contribution in [0.4, 0.5) is 0 Å². The first-order valence-corrected chi connectivity index (χ1v) is 9.69. The van der Waals surface area contributed by atoms with Crippen molar-refractivity contribution in [3.05, 3.63) is 28.6 Å². The summed E-state index contributed by atoms with van der Waals surface area (Å²) in [5.74, 6) is 0.790. The Balaban J connectivity index is 1.98. The number of rotatable bonds is 8. The number of thiazole rings is 1. The molecule has 5 heteroatoms. The van der Waals surface area contributed by atoms with Gasteiger partial charge in [-0.15, -0.1) is 22.7 Å². The first kappa shape index (κ1) is 17.2. The number of amides is 1. The van der Waals surface area contributed by atoms with Crippen molar-refractivity contribution < 1.29 is 4.79 Å². The average molecular weight is 337 g/mol. The third-order valence-electron chi connectivity index (χ3n) is 3.98. The third-order valence-corrected chi connectivity index (χ3v) is 5.91. The summed E-state index contributed by atoms with van der Waals surface area (Å²) in [6.07, 6.45) is 2.66. The van der Waals surface area contributed by atoms with Crippen LogP contribution in [0.2, 0.25) is 0 Å². The van der Waals surface area contributed by atoms with Crippen LogP contribution in [0, 0.1) is 5.92 Å². The Bertz CT molecular complexity index is 573. The lowest BCUT2D eigenvalue weighted by Gasteiger charge is -2.25. The highest BCUT2D eigenvalue weighted by Crippen LogP contribution is 2.28. The van der Waals surface area contributed by atoms with Crippen LogP contribution in [-0.2, 0) is 11.2 Å². The zero-order valence-electron chi connectivity index (χ0n) is 13.5. The largest absolute Gasteiger partial charge is 0.342 e. The summed E-state index contributed by atoms with van der Waals surface area (Å²) < 4.78 is 0. The highest BCUT2D eigenvalue weighted by molar-refractivity contribution is 7.20. The van der Waals surface area contributed by atoms with Gasteiger partial charge >= 0.3 is 0 Å². The first-order chi connectivity index (χ1) is 10.7. The number of likely N-dealkylation sites (N-methyl/N-ethyl adjacent to an activating group) is 1. The molecule has 0 N–H and O–H groups in total. The van der Waals surface area contributed by atoms with Crippen molar-refractivity contribution >= 4 is 28.6 Å². The van der Waals surface area contributed by atoms with Gasteiger partial charge in [-0.2, -0.15) is 0 Å². The molecule has 0 aliphatic carbocycles. The van der Waals surface area contributed by atoms with E-state index in [4.69, 9.17) is 0 Å². The zero-order valence-corrected chi connectivity index (χ0v) is 15.2. The molecule has 2 rings (SSSR count). The Morgan fingerprint density at radius 2 is 2.05 bits per heavy atom. The molecule has 0 spiro atoms. The Kier molecular flexibility index (Phi) is 6.58. The lowest BCUT2D eigenvalue weighted by Crippen LogP contribution is -2.36. The van der Waals surface area contributed by atoms with Crippen molar-refractivity contribution in [1.82, 2.24) is 9.88 Å². The van der Waals surface area contributed by atoms with Crippen LogP contribution >= 0.6 is 22.7 Å². The second kappa shape index (κ2) is 8.44. The van der Waals surface area contributed by atoms with Crippen LogP contribution in [-0.4, -0.2) is 28.9 Å². The summed E-state index contributed by atoms with van der Waals surface area (Å²) in [7, 11) is 0. The van der Waals surface area contributed by atoms with Crippen LogP contribution < -0.4 is 0 Å². The predicted octanol–water partition coefficient (Wildman–Crippen LogP) is 4.70. The molecule has 2 heterocycles. The second-order valence-corrected chi connectivity index (χ2v) is 7.22. The summed E-state index contributed by atoms with van der Waals surface area (Å²) in [6, 6.07) is 4.10. The van der Waals surface area contributed by atoms with E-state index in [1.165, 1.54) is 4.88 Å². The van der Waals surface area contributed by atoms with E-state index in [0.29, 0.717) is 12.3 Å². The summed E-state index contributed by atoms with van der Waals surface area (Å²) in [5, 5.41) is 5.08. The molecule has 0 aliphatic rings. The van der Waals surface area contributed by atoms with Gasteiger partial charge in [0.15, 0.2) is 0 Å². The quantitative estimate of drug-likeness (QED) is 0.700. The first-order valence-electron chi connectivity index (χ1n) is 7.93. The fourth-order valence-electron chi connectivity index (χ4n) is 2.43. The molecule has 0 atom stereocenters. The van der Waals surface area contributed by atoms with E-state index >= 15 is 0 Å². The summed E-state index contributed by atoms with van der Waals surface area (Å²) in [5.41, 5.74) is 0.890. The lowest BCUT2D eigenvalue weighted by atomic mass is 10.0. The van der Waals surface area contributed by atoms with Crippen molar-refractivity contribution in [2.24, 2.45) is 5.92 Å². The SMILES string of the molecule is CCC(CC)CN(CC)C(=O)Cc1csc(-c2cccs2)n1. The van der Waals surface area contributed by atoms with Crippen LogP contribution in [0.5, 0.6) is 0 Å². The Hall–Kier alpha value is -1.20. The van der Waals surface area contributed by atoms with Gasteiger partial charge in [0, 0.05) is 18.5 Å². The maximum atomic E-state index is 12.5. The molecule has 1 amide bonds. The third kappa shape index (κ3) is 4.40. The smallest absolute Gasteiger partial charge is 0.228 e. The lowest BCUT2D eigenvalue weighted by molar-refractivity contribution is -0.131. The van der Waals surface area contributed by atoms with Crippen LogP contribution in [0.15, 0.2) is 22.9 Å². The van der Waals surface area contributed by atoms with Crippen molar-refractivity contribution in [3.63, 3.8) is 0 Å². The summed E-state index contributed by atoms with van der Waals surface area (Å²) in [6.45, 7) is 8.08. The van der Waals surface area contributed by atoms with E-state index in [0.717, 1.165) is 36.6 Å². The number of hydrogen-bond donors (Lipinski definition) is 0. The maximum Gasteiger partial charge on any atom is 0.228 e. The van der Waals surface area contributed by atoms with E-state index < -0.39 is 0 Å². The number of nitrogens with zero attached hydrogens (tertiary/aromatic N) is 2. The number of thiophene rings is 1. The molecule has 0 fully saturated rings. The highest BCUT2D eigenvalue weighted by atomic mass is 32.1. The summed E-state index contributed by atoms with van der Waals surface area (Å²) >= 11 is 3.31. The molecule has 0 radical (unpaired) electrons. The normalized spacial score (nSPS) is 11.1. The van der Waals surface area contributed by atoms with Crippen molar-refractivity contribution in [2.75, 3.05) is 13.1 Å². The second-order valence-electron chi connectivity index (χ2n) is 5.41. The monoisotopic (exact) mass is 336 g/mol. The molecule has 0 unspecified atom stereocenters. The molecule has 0 aliphatic heterocycles. The highest BCUT2D eigenvalue weighted by Gasteiger charge is 2.17. The molecule has 0 saturated carbocycles. The van der Waals surface area contributed by atoms with Gasteiger partial charge in [-0.25, -0.2) is 4.98 Å². The zero-order chi connectivity index (χ0) is 15.9. The molecule has 0 bridgehead atoms. The molecule has 3 nitrogen and oxygen atoms in total. The van der Waals surface area contributed by atoms with Gasteiger partial charge in [0.25, 0.3) is 0 Å². The average Bonchev–Trinajstić information content (AvgIpc) is 3.19. The fourth-order valence-corrected chi connectivity index (χ4v) is 4.07. The van der Waals surface area contributed by atoms with Gasteiger partial charge < -0.3 is 4.90 Å². The molecule has 120 valence electrons. The van der Waals surface area contributed by atoms with E-state index in [1.54, 1.807) is 22.7 Å². The van der Waals surface area contributed by atoms with Gasteiger partial charge in [0.05, 0.1) is 17.0 Å². The van der Waals surface area contributed by atoms with E-state index in [1.807, 2.05) is 16.3 Å². The van der Waals surface area contributed by atoms with Crippen LogP contribution in [0.1, 0.15) is 39.3 Å². The van der Waals surface area contributed by atoms with Gasteiger partial charge in [0.1, 0.15) is 5.01 Å². The molecule has 0 aromatic carbocycles. The number of hydrogen-bond acceptors (Lipinski definition) is 4. The van der Waals surface area contributed by atoms with Crippen LogP contribution in [0.25, 0.3) is 9.88 Å². The molecular weight excluding hydrogens is 312 g/mol. The summed E-state index contributed by atoms with van der Waals surface area (Å²) in [4.78, 5) is 20.3. The minimum atomic E-state index is 0.192. The maximum absolute atomic E-state index is 12.5. The van der Waals surface area contributed by atoms with E-state index in [9.17, 15) is 4.79 Å². The Morgan fingerprint density at radius 1 is 1.27 bits per heavy atom. The van der Waals surface area contributed by atoms with E-state index in [-0.39, 0.29) is 5.91 Å². The van der Waals surface area contributed by atoms with Gasteiger partial charge in [0.2, 0.25) is 5.91 Å². The minimum absolute atomic E-state index is 0.192. The van der Waals surface area contributed by atoms with Crippen molar-refractivity contribution in [1.29, 1.82) is 0 Å². The number of aromatic nitrogens is 1. The number of carbonyl (C=O) groups is 1. The predicted molar refractivity (Wildman–Crippen MR) is 95.5 cm³/mol. The van der Waals surface area contributed by atoms with E-state index in [2.05, 4.69) is 37.2 Å². The van der Waals surface area contributed by atoms with Gasteiger partial charge in [-0.3, -0.25) is 4.79 Å². The molecule has 2 aromatic heterocycles. The van der Waals surface area contributed by atoms with Gasteiger partial charge in [-0.05, 0) is 24.3 Å². The van der Waals surface area contributed by atoms with Gasteiger partial charge in [-0.1, -0.05) is 32.8 Å². The molecule has 0 saturated heterocycles. The molecule has 22 heavy (non-hydrogen) atoms. The standard InChI is InChI=1S/C17H24N2OS2/c1-4-13(5-2)11-19(6-3)16(20)10-14-12-22-17(18-14)15-8-7-9-21-15/h7-9,12-13H,4-6,10-11H2,1-3H3. The fraction of sp³-hybridized carbons (Fsp3) is 0.529. The minimum Gasteiger partial charge on any atom is -0.342 e. The van der Waals surface area contributed by atoms with Crippen LogP contribution in [0.3, 0.4) is 0 Å². The molecular formula is C17H24N2OS2. The topological polar surface area (TPSA) is 33.2 Å². The van der Waals surface area contributed by atoms with Crippen molar-refractivity contribution in [2.45, 2.75) is 40.0 Å². The number of carbonyl (C=O) groups excluding carboxylic acids is 1. The Morgan fingerprint density at radius 3 is 2.64 bits per heavy atom. The van der Waals surface area contributed by atoms with Crippen molar-refractivity contribution in [3.8, 4) is 9.88 Å². The molecule has 2 aromatic rings. The Labute approximate surface area is 141 Å².